The molecule has 0 fully saturated rings. The average Bonchev–Trinajstić information content (AvgIpc) is 3.22. The number of ether oxygens (including phenoxy) is 1. The number of halogens is 3. The van der Waals surface area contributed by atoms with Gasteiger partial charge in [0.05, 0.1) is 11.3 Å². The Kier molecular flexibility index (Phi) is 4.30. The van der Waals surface area contributed by atoms with Crippen LogP contribution in [0.2, 0.25) is 0 Å². The molecule has 2 heterocycles. The van der Waals surface area contributed by atoms with E-state index in [0.717, 1.165) is 23.5 Å². The Morgan fingerprint density at radius 2 is 1.96 bits per heavy atom. The molecule has 0 aliphatic rings. The average molecular weight is 354 g/mol. The zero-order valence-corrected chi connectivity index (χ0v) is 12.7. The van der Waals surface area contributed by atoms with Gasteiger partial charge in [0.2, 0.25) is 0 Å². The van der Waals surface area contributed by atoms with Crippen molar-refractivity contribution in [1.82, 2.24) is 20.2 Å². The van der Waals surface area contributed by atoms with Crippen molar-refractivity contribution in [2.75, 3.05) is 0 Å². The van der Waals surface area contributed by atoms with Gasteiger partial charge in [0.1, 0.15) is 17.8 Å². The molecule has 0 radical (unpaired) electrons. The van der Waals surface area contributed by atoms with Crippen molar-refractivity contribution in [1.29, 1.82) is 0 Å². The molecule has 10 heteroatoms. The molecule has 0 spiro atoms. The maximum absolute atomic E-state index is 12.5. The van der Waals surface area contributed by atoms with Crippen molar-refractivity contribution in [3.63, 3.8) is 0 Å². The molecule has 0 saturated carbocycles. The van der Waals surface area contributed by atoms with Gasteiger partial charge in [0, 0.05) is 0 Å². The summed E-state index contributed by atoms with van der Waals surface area (Å²) in [5.41, 5.74) is 0.177. The summed E-state index contributed by atoms with van der Waals surface area (Å²) in [4.78, 5) is 12.4. The molecular formula is C14H9F3N4O2S. The Bertz CT molecular complexity index is 829. The van der Waals surface area contributed by atoms with Crippen molar-refractivity contribution in [3.05, 3.63) is 58.0 Å². The Morgan fingerprint density at radius 1 is 1.21 bits per heavy atom. The van der Waals surface area contributed by atoms with Gasteiger partial charge in [0.25, 0.3) is 0 Å². The van der Waals surface area contributed by atoms with Crippen molar-refractivity contribution in [2.24, 2.45) is 0 Å². The van der Waals surface area contributed by atoms with Gasteiger partial charge < -0.3 is 4.74 Å². The second kappa shape index (κ2) is 6.40. The van der Waals surface area contributed by atoms with E-state index in [-0.39, 0.29) is 6.61 Å². The number of esters is 1. The Hall–Kier alpha value is -2.75. The number of hydrogen-bond donors (Lipinski definition) is 0. The fraction of sp³-hybridized carbons (Fsp3) is 0.143. The summed E-state index contributed by atoms with van der Waals surface area (Å²) < 4.78 is 44.0. The van der Waals surface area contributed by atoms with Gasteiger partial charge in [-0.25, -0.2) is 4.79 Å². The Balaban J connectivity index is 1.67. The smallest absolute Gasteiger partial charge is 0.416 e. The third kappa shape index (κ3) is 3.43. The Labute approximate surface area is 137 Å². The number of carbonyl (C=O) groups excluding carboxylic acids is 1. The van der Waals surface area contributed by atoms with E-state index in [9.17, 15) is 18.0 Å². The highest BCUT2D eigenvalue weighted by Crippen LogP contribution is 2.29. The second-order valence-corrected chi connectivity index (χ2v) is 5.58. The first-order valence-corrected chi connectivity index (χ1v) is 7.47. The molecule has 0 aliphatic heterocycles. The number of tetrazole rings is 1. The first-order valence-electron chi connectivity index (χ1n) is 6.59. The van der Waals surface area contributed by atoms with Gasteiger partial charge in [-0.1, -0.05) is 12.1 Å². The summed E-state index contributed by atoms with van der Waals surface area (Å²) >= 11 is 1.16. The first-order chi connectivity index (χ1) is 11.4. The van der Waals surface area contributed by atoms with E-state index in [1.165, 1.54) is 23.1 Å². The minimum Gasteiger partial charge on any atom is -0.457 e. The molecule has 1 aromatic carbocycles. The molecule has 0 bridgehead atoms. The molecule has 0 atom stereocenters. The lowest BCUT2D eigenvalue weighted by Gasteiger charge is -2.08. The number of benzene rings is 1. The number of hydrogen-bond acceptors (Lipinski definition) is 6. The van der Waals surface area contributed by atoms with Gasteiger partial charge in [-0.15, -0.1) is 16.4 Å². The van der Waals surface area contributed by atoms with Gasteiger partial charge >= 0.3 is 12.1 Å². The lowest BCUT2D eigenvalue weighted by molar-refractivity contribution is -0.137. The van der Waals surface area contributed by atoms with Gasteiger partial charge in [-0.05, 0) is 39.6 Å². The van der Waals surface area contributed by atoms with Crippen LogP contribution in [0.3, 0.4) is 0 Å². The molecule has 0 N–H and O–H groups in total. The molecule has 2 aromatic heterocycles. The minimum absolute atomic E-state index is 0.135. The van der Waals surface area contributed by atoms with Crippen molar-refractivity contribution in [3.8, 4) is 5.69 Å². The van der Waals surface area contributed by atoms with Crippen LogP contribution in [0.25, 0.3) is 5.69 Å². The predicted molar refractivity (Wildman–Crippen MR) is 77.6 cm³/mol. The fourth-order valence-corrected chi connectivity index (χ4v) is 2.68. The number of carbonyl (C=O) groups is 1. The highest BCUT2D eigenvalue weighted by Gasteiger charge is 2.30. The van der Waals surface area contributed by atoms with Gasteiger partial charge in [0.15, 0.2) is 0 Å². The molecule has 0 unspecified atom stereocenters. The molecule has 0 saturated heterocycles. The van der Waals surface area contributed by atoms with E-state index in [0.29, 0.717) is 16.1 Å². The number of thiophene rings is 1. The molecule has 3 aromatic rings. The monoisotopic (exact) mass is 354 g/mol. The topological polar surface area (TPSA) is 69.9 Å². The van der Waals surface area contributed by atoms with E-state index in [1.807, 2.05) is 0 Å². The quantitative estimate of drug-likeness (QED) is 0.674. The lowest BCUT2D eigenvalue weighted by atomic mass is 10.1. The first kappa shape index (κ1) is 16.1. The van der Waals surface area contributed by atoms with Crippen LogP contribution in [-0.4, -0.2) is 26.2 Å². The normalized spacial score (nSPS) is 11.5. The van der Waals surface area contributed by atoms with Gasteiger partial charge in [-0.2, -0.15) is 17.9 Å². The fourth-order valence-electron chi connectivity index (χ4n) is 1.91. The zero-order valence-electron chi connectivity index (χ0n) is 11.9. The van der Waals surface area contributed by atoms with E-state index in [4.69, 9.17) is 4.74 Å². The summed E-state index contributed by atoms with van der Waals surface area (Å²) in [6, 6.07) is 6.09. The maximum Gasteiger partial charge on any atom is 0.416 e. The van der Waals surface area contributed by atoms with E-state index < -0.39 is 17.7 Å². The molecule has 3 rings (SSSR count). The summed E-state index contributed by atoms with van der Waals surface area (Å²) in [5.74, 6) is -0.601. The maximum atomic E-state index is 12.5. The lowest BCUT2D eigenvalue weighted by Crippen LogP contribution is -2.08. The number of aromatic nitrogens is 4. The van der Waals surface area contributed by atoms with E-state index in [2.05, 4.69) is 15.5 Å². The molecule has 124 valence electrons. The summed E-state index contributed by atoms with van der Waals surface area (Å²) in [6.07, 6.45) is -3.05. The van der Waals surface area contributed by atoms with Crippen LogP contribution in [0.5, 0.6) is 0 Å². The number of nitrogens with zero attached hydrogens (tertiary/aromatic N) is 4. The van der Waals surface area contributed by atoms with Crippen molar-refractivity contribution in [2.45, 2.75) is 12.8 Å². The van der Waals surface area contributed by atoms with Crippen molar-refractivity contribution >= 4 is 17.3 Å². The third-order valence-corrected chi connectivity index (χ3v) is 3.96. The summed E-state index contributed by atoms with van der Waals surface area (Å²) in [5, 5.41) is 12.4. The van der Waals surface area contributed by atoms with Crippen LogP contribution in [0.15, 0.2) is 42.0 Å². The zero-order chi connectivity index (χ0) is 17.2. The van der Waals surface area contributed by atoms with Crippen LogP contribution in [-0.2, 0) is 17.5 Å². The largest absolute Gasteiger partial charge is 0.457 e. The van der Waals surface area contributed by atoms with Crippen molar-refractivity contribution < 1.29 is 22.7 Å². The van der Waals surface area contributed by atoms with E-state index >= 15 is 0 Å². The Morgan fingerprint density at radius 3 is 2.58 bits per heavy atom. The number of rotatable bonds is 4. The molecule has 0 amide bonds. The number of alkyl halides is 3. The molecule has 24 heavy (non-hydrogen) atoms. The molecule has 0 aliphatic carbocycles. The predicted octanol–water partition coefficient (Wildman–Crippen LogP) is 3.10. The van der Waals surface area contributed by atoms with E-state index in [1.54, 1.807) is 11.4 Å². The molecule has 6 nitrogen and oxygen atoms in total. The molecular weight excluding hydrogens is 345 g/mol. The highest BCUT2D eigenvalue weighted by molar-refractivity contribution is 7.12. The highest BCUT2D eigenvalue weighted by atomic mass is 32.1. The minimum atomic E-state index is -4.40. The standard InChI is InChI=1S/C14H9F3N4O2S/c15-14(16,17)10-3-1-9(2-4-10)7-23-13(22)12-11(5-6-24-12)21-8-18-19-20-21/h1-6,8H,7H2. The van der Waals surface area contributed by atoms with Crippen LogP contribution in [0.4, 0.5) is 13.2 Å². The van der Waals surface area contributed by atoms with Crippen LogP contribution >= 0.6 is 11.3 Å². The van der Waals surface area contributed by atoms with Gasteiger partial charge in [-0.3, -0.25) is 0 Å². The van der Waals surface area contributed by atoms with Crippen LogP contribution in [0, 0.1) is 0 Å². The van der Waals surface area contributed by atoms with Crippen LogP contribution in [0.1, 0.15) is 20.8 Å². The SMILES string of the molecule is O=C(OCc1ccc(C(F)(F)F)cc1)c1sccc1-n1cnnn1. The second-order valence-electron chi connectivity index (χ2n) is 4.66. The third-order valence-electron chi connectivity index (χ3n) is 3.08. The summed E-state index contributed by atoms with van der Waals surface area (Å²) in [6.45, 7) is -0.135. The summed E-state index contributed by atoms with van der Waals surface area (Å²) in [7, 11) is 0. The van der Waals surface area contributed by atoms with Crippen LogP contribution < -0.4 is 0 Å².